The second-order valence-electron chi connectivity index (χ2n) is 6.49. The maximum absolute atomic E-state index is 12.5. The van der Waals surface area contributed by atoms with E-state index in [0.717, 1.165) is 15.5 Å². The van der Waals surface area contributed by atoms with Gasteiger partial charge in [0.05, 0.1) is 24.6 Å². The molecular formula is C22H16BrN3O5. The minimum absolute atomic E-state index is 0.100. The van der Waals surface area contributed by atoms with E-state index < -0.39 is 11.9 Å². The van der Waals surface area contributed by atoms with Crippen LogP contribution in [0.15, 0.2) is 74.8 Å². The first-order valence-corrected chi connectivity index (χ1v) is 9.87. The van der Waals surface area contributed by atoms with Crippen LogP contribution in [0.1, 0.15) is 26.6 Å². The van der Waals surface area contributed by atoms with Gasteiger partial charge in [0.15, 0.2) is 17.1 Å². The number of rotatable bonds is 6. The summed E-state index contributed by atoms with van der Waals surface area (Å²) < 4.78 is 13.5. The molecule has 2 N–H and O–H groups in total. The third-order valence-electron chi connectivity index (χ3n) is 4.53. The number of carbonyl (C=O) groups is 2. The van der Waals surface area contributed by atoms with Crippen molar-refractivity contribution >= 4 is 45.0 Å². The van der Waals surface area contributed by atoms with Gasteiger partial charge >= 0.3 is 11.9 Å². The number of aromatic carboxylic acids is 1. The van der Waals surface area contributed by atoms with Gasteiger partial charge in [0, 0.05) is 21.7 Å². The van der Waals surface area contributed by atoms with Crippen molar-refractivity contribution in [3.05, 3.63) is 82.3 Å². The second-order valence-corrected chi connectivity index (χ2v) is 7.41. The summed E-state index contributed by atoms with van der Waals surface area (Å²) in [7, 11) is 1.53. The Bertz CT molecular complexity index is 1300. The molecule has 0 radical (unpaired) electrons. The standard InChI is InChI=1S/C22H16BrN3O5/c1-30-18-11-15(23)9-14-10-19(31-20(14)18)21(27)25-24-12-17-3-2-8-26(17)16-6-4-13(5-7-16)22(28)29/h2-12H,1H3,(H,25,27)(H,28,29)/b24-12-. The molecule has 0 atom stereocenters. The fraction of sp³-hybridized carbons (Fsp3) is 0.0455. The molecule has 0 saturated heterocycles. The normalized spacial score (nSPS) is 11.2. The maximum Gasteiger partial charge on any atom is 0.335 e. The summed E-state index contributed by atoms with van der Waals surface area (Å²) in [5.74, 6) is -0.879. The average Bonchev–Trinajstić information content (AvgIpc) is 3.40. The summed E-state index contributed by atoms with van der Waals surface area (Å²) in [5, 5.41) is 13.8. The van der Waals surface area contributed by atoms with Crippen molar-refractivity contribution in [2.75, 3.05) is 7.11 Å². The Balaban J connectivity index is 1.51. The van der Waals surface area contributed by atoms with E-state index in [1.165, 1.54) is 25.5 Å². The number of fused-ring (bicyclic) bond motifs is 1. The van der Waals surface area contributed by atoms with E-state index in [2.05, 4.69) is 26.5 Å². The smallest absolute Gasteiger partial charge is 0.335 e. The van der Waals surface area contributed by atoms with Crippen LogP contribution in [0.4, 0.5) is 0 Å². The van der Waals surface area contributed by atoms with Gasteiger partial charge in [-0.3, -0.25) is 4.79 Å². The number of hydrazone groups is 1. The molecule has 2 heterocycles. The number of benzene rings is 2. The topological polar surface area (TPSA) is 106 Å². The van der Waals surface area contributed by atoms with Crippen LogP contribution in [0.2, 0.25) is 0 Å². The van der Waals surface area contributed by atoms with E-state index in [0.29, 0.717) is 17.0 Å². The molecular weight excluding hydrogens is 466 g/mol. The summed E-state index contributed by atoms with van der Waals surface area (Å²) in [6, 6.07) is 15.2. The van der Waals surface area contributed by atoms with Crippen LogP contribution >= 0.6 is 15.9 Å². The van der Waals surface area contributed by atoms with Crippen molar-refractivity contribution in [1.82, 2.24) is 9.99 Å². The van der Waals surface area contributed by atoms with E-state index in [4.69, 9.17) is 14.3 Å². The zero-order chi connectivity index (χ0) is 22.0. The van der Waals surface area contributed by atoms with Gasteiger partial charge in [-0.2, -0.15) is 5.10 Å². The van der Waals surface area contributed by atoms with Crippen LogP contribution < -0.4 is 10.2 Å². The Morgan fingerprint density at radius 2 is 1.97 bits per heavy atom. The number of halogens is 1. The van der Waals surface area contributed by atoms with Gasteiger partial charge in [-0.25, -0.2) is 10.2 Å². The van der Waals surface area contributed by atoms with Gasteiger partial charge in [-0.1, -0.05) is 15.9 Å². The number of hydrogen-bond acceptors (Lipinski definition) is 5. The molecule has 0 spiro atoms. The summed E-state index contributed by atoms with van der Waals surface area (Å²) in [6.45, 7) is 0. The number of carboxylic acid groups (broad SMARTS) is 1. The number of carbonyl (C=O) groups excluding carboxylic acids is 1. The van der Waals surface area contributed by atoms with Crippen molar-refractivity contribution in [3.8, 4) is 11.4 Å². The number of nitrogens with one attached hydrogen (secondary N) is 1. The first-order valence-electron chi connectivity index (χ1n) is 9.08. The Morgan fingerprint density at radius 1 is 1.19 bits per heavy atom. The van der Waals surface area contributed by atoms with E-state index in [1.807, 2.05) is 29.0 Å². The fourth-order valence-electron chi connectivity index (χ4n) is 3.06. The number of hydrogen-bond donors (Lipinski definition) is 2. The predicted octanol–water partition coefficient (Wildman–Crippen LogP) is 4.46. The van der Waals surface area contributed by atoms with Crippen LogP contribution in [-0.4, -0.2) is 34.9 Å². The quantitative estimate of drug-likeness (QED) is 0.312. The summed E-state index contributed by atoms with van der Waals surface area (Å²) >= 11 is 3.39. The van der Waals surface area contributed by atoms with Gasteiger partial charge in [-0.05, 0) is 54.6 Å². The lowest BCUT2D eigenvalue weighted by Crippen LogP contribution is -2.17. The van der Waals surface area contributed by atoms with Gasteiger partial charge in [0.25, 0.3) is 0 Å². The number of nitrogens with zero attached hydrogens (tertiary/aromatic N) is 2. The van der Waals surface area contributed by atoms with Gasteiger partial charge in [0.2, 0.25) is 0 Å². The number of methoxy groups -OCH3 is 1. The highest BCUT2D eigenvalue weighted by Gasteiger charge is 2.15. The SMILES string of the molecule is COc1cc(Br)cc2cc(C(=O)N/N=C\c3cccn3-c3ccc(C(=O)O)cc3)oc12. The van der Waals surface area contributed by atoms with Gasteiger partial charge in [0.1, 0.15) is 0 Å². The minimum atomic E-state index is -0.987. The molecule has 4 rings (SSSR count). The second kappa shape index (κ2) is 8.49. The number of furan rings is 1. The molecule has 0 bridgehead atoms. The van der Waals surface area contributed by atoms with E-state index in [1.54, 1.807) is 24.3 Å². The molecule has 1 amide bonds. The molecule has 0 aliphatic rings. The molecule has 0 saturated carbocycles. The van der Waals surface area contributed by atoms with Crippen LogP contribution in [0.5, 0.6) is 5.75 Å². The number of amides is 1. The van der Waals surface area contributed by atoms with Crippen LogP contribution in [0.3, 0.4) is 0 Å². The largest absolute Gasteiger partial charge is 0.493 e. The summed E-state index contributed by atoms with van der Waals surface area (Å²) in [6.07, 6.45) is 3.30. The third kappa shape index (κ3) is 4.22. The van der Waals surface area contributed by atoms with Crippen molar-refractivity contribution in [3.63, 3.8) is 0 Å². The van der Waals surface area contributed by atoms with Gasteiger partial charge in [-0.15, -0.1) is 0 Å². The molecule has 8 nitrogen and oxygen atoms in total. The molecule has 156 valence electrons. The molecule has 0 aliphatic heterocycles. The van der Waals surface area contributed by atoms with E-state index in [-0.39, 0.29) is 11.3 Å². The lowest BCUT2D eigenvalue weighted by molar-refractivity contribution is 0.0696. The number of ether oxygens (including phenoxy) is 1. The Kier molecular flexibility index (Phi) is 5.59. The number of aromatic nitrogens is 1. The van der Waals surface area contributed by atoms with Crippen molar-refractivity contribution < 1.29 is 23.8 Å². The predicted molar refractivity (Wildman–Crippen MR) is 118 cm³/mol. The zero-order valence-corrected chi connectivity index (χ0v) is 17.8. The molecule has 4 aromatic rings. The lowest BCUT2D eigenvalue weighted by Gasteiger charge is -2.06. The van der Waals surface area contributed by atoms with E-state index in [9.17, 15) is 9.59 Å². The molecule has 9 heteroatoms. The van der Waals surface area contributed by atoms with Crippen molar-refractivity contribution in [2.24, 2.45) is 5.10 Å². The highest BCUT2D eigenvalue weighted by atomic mass is 79.9. The zero-order valence-electron chi connectivity index (χ0n) is 16.2. The van der Waals surface area contributed by atoms with E-state index >= 15 is 0 Å². The first kappa shape index (κ1) is 20.4. The van der Waals surface area contributed by atoms with Crippen molar-refractivity contribution in [2.45, 2.75) is 0 Å². The Labute approximate surface area is 184 Å². The Morgan fingerprint density at radius 3 is 2.68 bits per heavy atom. The monoisotopic (exact) mass is 481 g/mol. The fourth-order valence-corrected chi connectivity index (χ4v) is 3.52. The third-order valence-corrected chi connectivity index (χ3v) is 4.98. The highest BCUT2D eigenvalue weighted by molar-refractivity contribution is 9.10. The molecule has 0 aliphatic carbocycles. The maximum atomic E-state index is 12.5. The molecule has 0 unspecified atom stereocenters. The Hall–Kier alpha value is -3.85. The molecule has 0 fully saturated rings. The average molecular weight is 482 g/mol. The summed E-state index contributed by atoms with van der Waals surface area (Å²) in [5.41, 5.74) is 4.57. The van der Waals surface area contributed by atoms with Crippen LogP contribution in [0.25, 0.3) is 16.7 Å². The minimum Gasteiger partial charge on any atom is -0.493 e. The lowest BCUT2D eigenvalue weighted by atomic mass is 10.2. The van der Waals surface area contributed by atoms with Crippen molar-refractivity contribution in [1.29, 1.82) is 0 Å². The summed E-state index contributed by atoms with van der Waals surface area (Å²) in [4.78, 5) is 23.5. The molecule has 2 aromatic heterocycles. The first-order chi connectivity index (χ1) is 15.0. The van der Waals surface area contributed by atoms with Crippen LogP contribution in [-0.2, 0) is 0 Å². The van der Waals surface area contributed by atoms with Crippen LogP contribution in [0, 0.1) is 0 Å². The highest BCUT2D eigenvalue weighted by Crippen LogP contribution is 2.32. The van der Waals surface area contributed by atoms with Gasteiger partial charge < -0.3 is 18.8 Å². The number of carboxylic acids is 1. The molecule has 2 aromatic carbocycles. The molecule has 31 heavy (non-hydrogen) atoms.